The van der Waals surface area contributed by atoms with Crippen LogP contribution in [0.25, 0.3) is 0 Å². The molecule has 1 heterocycles. The SMILES string of the molecule is Cc1ccc(SC2=C(Nc3ccccc3)C(=O)N(CCc3ccccc3)C2=O)cc1. The molecule has 1 aliphatic heterocycles. The number of thioether (sulfide) groups is 1. The molecular weight excluding hydrogens is 392 g/mol. The van der Waals surface area contributed by atoms with Crippen LogP contribution < -0.4 is 5.32 Å². The molecule has 0 fully saturated rings. The first-order valence-electron chi connectivity index (χ1n) is 9.83. The lowest BCUT2D eigenvalue weighted by molar-refractivity contribution is -0.137. The van der Waals surface area contributed by atoms with Gasteiger partial charge in [0, 0.05) is 17.1 Å². The lowest BCUT2D eigenvalue weighted by Crippen LogP contribution is -2.34. The Hall–Kier alpha value is -3.31. The Kier molecular flexibility index (Phi) is 6.00. The van der Waals surface area contributed by atoms with Gasteiger partial charge in [0.1, 0.15) is 10.6 Å². The maximum absolute atomic E-state index is 13.2. The van der Waals surface area contributed by atoms with Gasteiger partial charge in [-0.25, -0.2) is 0 Å². The van der Waals surface area contributed by atoms with Crippen molar-refractivity contribution >= 4 is 29.3 Å². The van der Waals surface area contributed by atoms with Crippen molar-refractivity contribution in [3.8, 4) is 0 Å². The molecule has 2 amide bonds. The zero-order chi connectivity index (χ0) is 20.9. The topological polar surface area (TPSA) is 49.4 Å². The third kappa shape index (κ3) is 4.47. The number of para-hydroxylation sites is 1. The average molecular weight is 415 g/mol. The van der Waals surface area contributed by atoms with Gasteiger partial charge < -0.3 is 5.32 Å². The molecule has 0 aliphatic carbocycles. The molecule has 0 aromatic heterocycles. The summed E-state index contributed by atoms with van der Waals surface area (Å²) in [5.41, 5.74) is 3.36. The molecule has 0 spiro atoms. The lowest BCUT2D eigenvalue weighted by atomic mass is 10.1. The number of imide groups is 1. The van der Waals surface area contributed by atoms with E-state index in [0.29, 0.717) is 23.6 Å². The van der Waals surface area contributed by atoms with Gasteiger partial charge in [-0.2, -0.15) is 0 Å². The van der Waals surface area contributed by atoms with Crippen molar-refractivity contribution in [3.63, 3.8) is 0 Å². The van der Waals surface area contributed by atoms with Gasteiger partial charge >= 0.3 is 0 Å². The third-order valence-electron chi connectivity index (χ3n) is 4.88. The van der Waals surface area contributed by atoms with Crippen molar-refractivity contribution in [3.05, 3.63) is 107 Å². The van der Waals surface area contributed by atoms with Crippen LogP contribution in [-0.2, 0) is 16.0 Å². The number of amides is 2. The normalized spacial score (nSPS) is 13.8. The Balaban J connectivity index is 1.60. The number of benzene rings is 3. The Bertz CT molecular complexity index is 1080. The third-order valence-corrected chi connectivity index (χ3v) is 5.97. The first-order valence-corrected chi connectivity index (χ1v) is 10.6. The van der Waals surface area contributed by atoms with Gasteiger partial charge in [-0.1, -0.05) is 78.0 Å². The van der Waals surface area contributed by atoms with Gasteiger partial charge in [-0.05, 0) is 43.2 Å². The Morgan fingerprint density at radius 1 is 0.800 bits per heavy atom. The van der Waals surface area contributed by atoms with Crippen molar-refractivity contribution in [1.29, 1.82) is 0 Å². The molecule has 5 heteroatoms. The summed E-state index contributed by atoms with van der Waals surface area (Å²) >= 11 is 1.33. The predicted molar refractivity (Wildman–Crippen MR) is 121 cm³/mol. The summed E-state index contributed by atoms with van der Waals surface area (Å²) in [6.45, 7) is 2.37. The van der Waals surface area contributed by atoms with Gasteiger partial charge in [0.15, 0.2) is 0 Å². The van der Waals surface area contributed by atoms with Crippen LogP contribution in [-0.4, -0.2) is 23.3 Å². The van der Waals surface area contributed by atoms with Crippen molar-refractivity contribution in [1.82, 2.24) is 4.90 Å². The predicted octanol–water partition coefficient (Wildman–Crippen LogP) is 5.02. The van der Waals surface area contributed by atoms with Crippen molar-refractivity contribution < 1.29 is 9.59 Å². The van der Waals surface area contributed by atoms with Gasteiger partial charge in [-0.15, -0.1) is 0 Å². The van der Waals surface area contributed by atoms with E-state index in [1.165, 1.54) is 16.7 Å². The summed E-state index contributed by atoms with van der Waals surface area (Å²) in [6.07, 6.45) is 0.624. The van der Waals surface area contributed by atoms with Crippen LogP contribution in [0.4, 0.5) is 5.69 Å². The van der Waals surface area contributed by atoms with Crippen LogP contribution in [0, 0.1) is 6.92 Å². The summed E-state index contributed by atoms with van der Waals surface area (Å²) in [5.74, 6) is -0.533. The second kappa shape index (κ2) is 9.01. The van der Waals surface area contributed by atoms with E-state index in [2.05, 4.69) is 5.32 Å². The van der Waals surface area contributed by atoms with E-state index in [4.69, 9.17) is 0 Å². The minimum absolute atomic E-state index is 0.250. The first kappa shape index (κ1) is 20.0. The second-order valence-electron chi connectivity index (χ2n) is 7.11. The highest BCUT2D eigenvalue weighted by Gasteiger charge is 2.38. The summed E-state index contributed by atoms with van der Waals surface area (Å²) in [4.78, 5) is 29.1. The monoisotopic (exact) mass is 414 g/mol. The fourth-order valence-electron chi connectivity index (χ4n) is 3.24. The van der Waals surface area contributed by atoms with E-state index in [-0.39, 0.29) is 11.8 Å². The minimum Gasteiger partial charge on any atom is -0.350 e. The van der Waals surface area contributed by atoms with Gasteiger partial charge in [0.05, 0.1) is 0 Å². The molecule has 0 saturated heterocycles. The molecule has 30 heavy (non-hydrogen) atoms. The van der Waals surface area contributed by atoms with Crippen LogP contribution in [0.2, 0.25) is 0 Å². The molecule has 0 bridgehead atoms. The molecule has 3 aromatic carbocycles. The Morgan fingerprint density at radius 3 is 2.10 bits per heavy atom. The maximum Gasteiger partial charge on any atom is 0.278 e. The standard InChI is InChI=1S/C25H22N2O2S/c1-18-12-14-21(15-13-18)30-23-22(26-20-10-6-3-7-11-20)24(28)27(25(23)29)17-16-19-8-4-2-5-9-19/h2-15,26H,16-17H2,1H3. The van der Waals surface area contributed by atoms with Gasteiger partial charge in [-0.3, -0.25) is 14.5 Å². The molecule has 150 valence electrons. The molecule has 4 nitrogen and oxygen atoms in total. The number of carbonyl (C=O) groups excluding carboxylic acids is 2. The summed E-state index contributed by atoms with van der Waals surface area (Å²) in [5, 5.41) is 3.18. The van der Waals surface area contributed by atoms with E-state index in [9.17, 15) is 9.59 Å². The number of aryl methyl sites for hydroxylation is 1. The zero-order valence-corrected chi connectivity index (χ0v) is 17.5. The molecule has 1 aliphatic rings. The highest BCUT2D eigenvalue weighted by molar-refractivity contribution is 8.04. The first-order chi connectivity index (χ1) is 14.6. The van der Waals surface area contributed by atoms with Crippen LogP contribution in [0.5, 0.6) is 0 Å². The largest absolute Gasteiger partial charge is 0.350 e. The number of hydrogen-bond donors (Lipinski definition) is 1. The number of carbonyl (C=O) groups is 2. The summed E-state index contributed by atoms with van der Waals surface area (Å²) < 4.78 is 0. The van der Waals surface area contributed by atoms with Crippen molar-refractivity contribution in [2.24, 2.45) is 0 Å². The molecule has 0 saturated carbocycles. The quantitative estimate of drug-likeness (QED) is 0.552. The van der Waals surface area contributed by atoms with E-state index >= 15 is 0 Å². The van der Waals surface area contributed by atoms with Crippen LogP contribution in [0.15, 0.2) is 100 Å². The number of hydrogen-bond acceptors (Lipinski definition) is 4. The number of rotatable bonds is 7. The number of nitrogens with one attached hydrogen (secondary N) is 1. The molecule has 0 unspecified atom stereocenters. The van der Waals surface area contributed by atoms with Crippen molar-refractivity contribution in [2.75, 3.05) is 11.9 Å². The molecule has 0 atom stereocenters. The highest BCUT2D eigenvalue weighted by atomic mass is 32.2. The van der Waals surface area contributed by atoms with E-state index in [1.54, 1.807) is 0 Å². The van der Waals surface area contributed by atoms with Crippen molar-refractivity contribution in [2.45, 2.75) is 18.2 Å². The maximum atomic E-state index is 13.2. The van der Waals surface area contributed by atoms with E-state index in [0.717, 1.165) is 21.7 Å². The fraction of sp³-hybridized carbons (Fsp3) is 0.120. The smallest absolute Gasteiger partial charge is 0.278 e. The van der Waals surface area contributed by atoms with Gasteiger partial charge in [0.2, 0.25) is 0 Å². The molecule has 3 aromatic rings. The zero-order valence-electron chi connectivity index (χ0n) is 16.7. The fourth-order valence-corrected chi connectivity index (χ4v) is 4.18. The highest BCUT2D eigenvalue weighted by Crippen LogP contribution is 2.36. The number of anilines is 1. The number of nitrogens with zero attached hydrogens (tertiary/aromatic N) is 1. The van der Waals surface area contributed by atoms with E-state index < -0.39 is 0 Å². The van der Waals surface area contributed by atoms with E-state index in [1.807, 2.05) is 91.9 Å². The second-order valence-corrected chi connectivity index (χ2v) is 8.19. The molecular formula is C25H22N2O2S. The average Bonchev–Trinajstić information content (AvgIpc) is 2.99. The molecule has 4 rings (SSSR count). The van der Waals surface area contributed by atoms with Crippen LogP contribution in [0.3, 0.4) is 0 Å². The molecule has 0 radical (unpaired) electrons. The van der Waals surface area contributed by atoms with Crippen LogP contribution in [0.1, 0.15) is 11.1 Å². The minimum atomic E-state index is -0.283. The molecule has 1 N–H and O–H groups in total. The van der Waals surface area contributed by atoms with Crippen LogP contribution >= 0.6 is 11.8 Å². The van der Waals surface area contributed by atoms with Gasteiger partial charge in [0.25, 0.3) is 11.8 Å². The summed E-state index contributed by atoms with van der Waals surface area (Å²) in [6, 6.07) is 27.3. The summed E-state index contributed by atoms with van der Waals surface area (Å²) in [7, 11) is 0. The Morgan fingerprint density at radius 2 is 1.43 bits per heavy atom. The Labute approximate surface area is 180 Å². The lowest BCUT2D eigenvalue weighted by Gasteiger charge is -2.15.